The highest BCUT2D eigenvalue weighted by molar-refractivity contribution is 7.91. The van der Waals surface area contributed by atoms with Crippen LogP contribution in [0.1, 0.15) is 43.4 Å². The van der Waals surface area contributed by atoms with Crippen LogP contribution in [0, 0.1) is 5.92 Å². The van der Waals surface area contributed by atoms with Gasteiger partial charge in [-0.25, -0.2) is 8.42 Å². The maximum Gasteiger partial charge on any atom is 0.150 e. The van der Waals surface area contributed by atoms with E-state index in [0.717, 1.165) is 25.8 Å². The standard InChI is InChI=1S/C16H24N2O2S/c1-2-17-16(13-8-10-21(19,20)11-13)14-7-3-5-12-6-4-9-18-15(12)14/h4,6,9,13-14,16-17H,2-3,5,7-8,10-11H2,1H3. The number of nitrogens with one attached hydrogen (secondary N) is 1. The van der Waals surface area contributed by atoms with E-state index in [9.17, 15) is 8.42 Å². The Labute approximate surface area is 127 Å². The average molecular weight is 308 g/mol. The zero-order valence-electron chi connectivity index (χ0n) is 12.6. The molecule has 1 saturated heterocycles. The number of aromatic nitrogens is 1. The van der Waals surface area contributed by atoms with Crippen molar-refractivity contribution >= 4 is 9.84 Å². The lowest BCUT2D eigenvalue weighted by Crippen LogP contribution is -2.43. The van der Waals surface area contributed by atoms with Crippen LogP contribution >= 0.6 is 0 Å². The van der Waals surface area contributed by atoms with Gasteiger partial charge >= 0.3 is 0 Å². The molecule has 2 aliphatic rings. The Morgan fingerprint density at radius 1 is 1.43 bits per heavy atom. The summed E-state index contributed by atoms with van der Waals surface area (Å²) < 4.78 is 23.7. The third-order valence-corrected chi connectivity index (χ3v) is 6.68. The third-order valence-electron chi connectivity index (χ3n) is 4.89. The van der Waals surface area contributed by atoms with Gasteiger partial charge in [-0.15, -0.1) is 0 Å². The van der Waals surface area contributed by atoms with Gasteiger partial charge in [0.1, 0.15) is 0 Å². The largest absolute Gasteiger partial charge is 0.313 e. The second-order valence-electron chi connectivity index (χ2n) is 6.29. The fourth-order valence-electron chi connectivity index (χ4n) is 3.98. The van der Waals surface area contributed by atoms with E-state index in [4.69, 9.17) is 0 Å². The third kappa shape index (κ3) is 3.14. The van der Waals surface area contributed by atoms with Crippen molar-refractivity contribution in [3.05, 3.63) is 29.6 Å². The summed E-state index contributed by atoms with van der Waals surface area (Å²) in [6.45, 7) is 2.97. The number of sulfone groups is 1. The quantitative estimate of drug-likeness (QED) is 0.923. The Hall–Kier alpha value is -0.940. The summed E-state index contributed by atoms with van der Waals surface area (Å²) in [6, 6.07) is 4.41. The van der Waals surface area contributed by atoms with Crippen molar-refractivity contribution in [2.45, 2.75) is 44.6 Å². The zero-order chi connectivity index (χ0) is 14.9. The number of pyridine rings is 1. The van der Waals surface area contributed by atoms with E-state index in [-0.39, 0.29) is 12.0 Å². The van der Waals surface area contributed by atoms with Gasteiger partial charge in [-0.05, 0) is 49.8 Å². The summed E-state index contributed by atoms with van der Waals surface area (Å²) in [5.41, 5.74) is 2.54. The molecular formula is C16H24N2O2S. The summed E-state index contributed by atoms with van der Waals surface area (Å²) in [6.07, 6.45) is 6.04. The first kappa shape index (κ1) is 15.0. The lowest BCUT2D eigenvalue weighted by atomic mass is 9.77. The fraction of sp³-hybridized carbons (Fsp3) is 0.688. The van der Waals surface area contributed by atoms with E-state index >= 15 is 0 Å². The summed E-state index contributed by atoms with van der Waals surface area (Å²) in [4.78, 5) is 4.62. The first-order valence-corrected chi connectivity index (χ1v) is 9.80. The second-order valence-corrected chi connectivity index (χ2v) is 8.52. The van der Waals surface area contributed by atoms with Crippen LogP contribution in [0.2, 0.25) is 0 Å². The highest BCUT2D eigenvalue weighted by atomic mass is 32.2. The van der Waals surface area contributed by atoms with E-state index in [1.165, 1.54) is 17.7 Å². The van der Waals surface area contributed by atoms with E-state index in [0.29, 0.717) is 17.4 Å². The smallest absolute Gasteiger partial charge is 0.150 e. The molecule has 116 valence electrons. The Morgan fingerprint density at radius 3 is 3.00 bits per heavy atom. The van der Waals surface area contributed by atoms with Crippen LogP contribution in [0.15, 0.2) is 18.3 Å². The summed E-state index contributed by atoms with van der Waals surface area (Å²) in [5, 5.41) is 3.57. The van der Waals surface area contributed by atoms with Crippen molar-refractivity contribution in [3.8, 4) is 0 Å². The van der Waals surface area contributed by atoms with E-state index in [1.54, 1.807) is 0 Å². The van der Waals surface area contributed by atoms with Crippen molar-refractivity contribution in [3.63, 3.8) is 0 Å². The first-order chi connectivity index (χ1) is 10.1. The Balaban J connectivity index is 1.88. The number of hydrogen-bond donors (Lipinski definition) is 1. The normalized spacial score (nSPS) is 29.0. The Kier molecular flexibility index (Phi) is 4.31. The predicted octanol–water partition coefficient (Wildman–Crippen LogP) is 1.91. The molecule has 2 heterocycles. The van der Waals surface area contributed by atoms with Crippen LogP contribution < -0.4 is 5.32 Å². The molecule has 0 radical (unpaired) electrons. The molecule has 3 rings (SSSR count). The fourth-order valence-corrected chi connectivity index (χ4v) is 5.83. The highest BCUT2D eigenvalue weighted by Gasteiger charge is 2.39. The average Bonchev–Trinajstić information content (AvgIpc) is 2.84. The van der Waals surface area contributed by atoms with Gasteiger partial charge in [0.2, 0.25) is 0 Å². The number of aryl methyl sites for hydroxylation is 1. The number of fused-ring (bicyclic) bond motifs is 1. The molecule has 3 unspecified atom stereocenters. The molecule has 1 N–H and O–H groups in total. The van der Waals surface area contributed by atoms with Crippen LogP contribution in [0.25, 0.3) is 0 Å². The lowest BCUT2D eigenvalue weighted by molar-refractivity contribution is 0.305. The van der Waals surface area contributed by atoms with Gasteiger partial charge in [0.25, 0.3) is 0 Å². The van der Waals surface area contributed by atoms with Crippen LogP contribution in [0.4, 0.5) is 0 Å². The summed E-state index contributed by atoms with van der Waals surface area (Å²) >= 11 is 0. The monoisotopic (exact) mass is 308 g/mol. The lowest BCUT2D eigenvalue weighted by Gasteiger charge is -2.35. The molecule has 0 aromatic carbocycles. The molecule has 5 heteroatoms. The maximum absolute atomic E-state index is 11.8. The van der Waals surface area contributed by atoms with Gasteiger partial charge in [-0.3, -0.25) is 4.98 Å². The van der Waals surface area contributed by atoms with E-state index in [1.807, 2.05) is 12.3 Å². The molecule has 21 heavy (non-hydrogen) atoms. The summed E-state index contributed by atoms with van der Waals surface area (Å²) in [7, 11) is -2.84. The molecule has 4 nitrogen and oxygen atoms in total. The van der Waals surface area contributed by atoms with Gasteiger partial charge in [0, 0.05) is 23.9 Å². The van der Waals surface area contributed by atoms with Crippen LogP contribution in [0.5, 0.6) is 0 Å². The Morgan fingerprint density at radius 2 is 2.29 bits per heavy atom. The molecule has 1 aromatic rings. The van der Waals surface area contributed by atoms with Crippen LogP contribution in [-0.2, 0) is 16.3 Å². The van der Waals surface area contributed by atoms with E-state index < -0.39 is 9.84 Å². The second kappa shape index (κ2) is 6.05. The van der Waals surface area contributed by atoms with Gasteiger partial charge in [0.05, 0.1) is 11.5 Å². The van der Waals surface area contributed by atoms with Crippen molar-refractivity contribution in [1.29, 1.82) is 0 Å². The first-order valence-electron chi connectivity index (χ1n) is 7.98. The van der Waals surface area contributed by atoms with Crippen molar-refractivity contribution in [1.82, 2.24) is 10.3 Å². The molecule has 0 spiro atoms. The minimum absolute atomic E-state index is 0.230. The number of rotatable bonds is 4. The van der Waals surface area contributed by atoms with Gasteiger partial charge in [0.15, 0.2) is 9.84 Å². The topological polar surface area (TPSA) is 59.1 Å². The molecule has 1 aliphatic carbocycles. The molecular weight excluding hydrogens is 284 g/mol. The molecule has 1 fully saturated rings. The van der Waals surface area contributed by atoms with Gasteiger partial charge < -0.3 is 5.32 Å². The highest BCUT2D eigenvalue weighted by Crippen LogP contribution is 2.37. The molecule has 1 aromatic heterocycles. The molecule has 0 bridgehead atoms. The maximum atomic E-state index is 11.8. The van der Waals surface area contributed by atoms with Gasteiger partial charge in [-0.1, -0.05) is 13.0 Å². The summed E-state index contributed by atoms with van der Waals surface area (Å²) in [5.74, 6) is 1.27. The molecule has 1 aliphatic heterocycles. The molecule has 3 atom stereocenters. The minimum atomic E-state index is -2.84. The van der Waals surface area contributed by atoms with E-state index in [2.05, 4.69) is 23.3 Å². The van der Waals surface area contributed by atoms with Crippen molar-refractivity contribution in [2.75, 3.05) is 18.1 Å². The van der Waals surface area contributed by atoms with Crippen molar-refractivity contribution < 1.29 is 8.42 Å². The zero-order valence-corrected chi connectivity index (χ0v) is 13.4. The number of likely N-dealkylation sites (N-methyl/N-ethyl adjacent to an activating group) is 1. The SMILES string of the molecule is CCNC(C1CCS(=O)(=O)C1)C1CCCc2cccnc21. The predicted molar refractivity (Wildman–Crippen MR) is 84.1 cm³/mol. The molecule has 0 amide bonds. The van der Waals surface area contributed by atoms with Crippen LogP contribution in [0.3, 0.4) is 0 Å². The number of nitrogens with zero attached hydrogens (tertiary/aromatic N) is 1. The molecule has 0 saturated carbocycles. The Bertz CT molecular complexity index is 600. The van der Waals surface area contributed by atoms with Crippen LogP contribution in [-0.4, -0.2) is 37.5 Å². The number of hydrogen-bond acceptors (Lipinski definition) is 4. The minimum Gasteiger partial charge on any atom is -0.313 e. The van der Waals surface area contributed by atoms with Crippen molar-refractivity contribution in [2.24, 2.45) is 5.92 Å². The van der Waals surface area contributed by atoms with Gasteiger partial charge in [-0.2, -0.15) is 0 Å².